The lowest BCUT2D eigenvalue weighted by Gasteiger charge is -2.19. The molecule has 0 aliphatic carbocycles. The zero-order chi connectivity index (χ0) is 13.7. The number of Topliss-reactive ketones (excluding diaryl/α,β-unsaturated/α-hetero) is 1. The molecule has 0 N–H and O–H groups in total. The molecule has 1 aromatic carbocycles. The summed E-state index contributed by atoms with van der Waals surface area (Å²) in [5.74, 6) is 1.62. The van der Waals surface area contributed by atoms with Gasteiger partial charge in [0.15, 0.2) is 5.78 Å². The first-order valence-corrected chi connectivity index (χ1v) is 7.09. The van der Waals surface area contributed by atoms with Crippen molar-refractivity contribution in [3.63, 3.8) is 0 Å². The summed E-state index contributed by atoms with van der Waals surface area (Å²) in [7, 11) is 1.61. The molecule has 0 spiro atoms. The first kappa shape index (κ1) is 14.1. The largest absolute Gasteiger partial charge is 0.496 e. The van der Waals surface area contributed by atoms with Crippen molar-refractivity contribution in [3.05, 3.63) is 29.8 Å². The van der Waals surface area contributed by atoms with E-state index in [9.17, 15) is 4.79 Å². The molecular weight excluding hydrogens is 238 g/mol. The summed E-state index contributed by atoms with van der Waals surface area (Å²) in [4.78, 5) is 14.6. The lowest BCUT2D eigenvalue weighted by Crippen LogP contribution is -2.31. The van der Waals surface area contributed by atoms with Crippen molar-refractivity contribution in [3.8, 4) is 5.75 Å². The zero-order valence-corrected chi connectivity index (χ0v) is 11.9. The molecule has 1 heterocycles. The second-order valence-electron chi connectivity index (χ2n) is 5.44. The Morgan fingerprint density at radius 3 is 2.89 bits per heavy atom. The van der Waals surface area contributed by atoms with E-state index in [1.165, 1.54) is 19.3 Å². The monoisotopic (exact) mass is 261 g/mol. The minimum absolute atomic E-state index is 0.159. The molecule has 0 radical (unpaired) electrons. The minimum Gasteiger partial charge on any atom is -0.496 e. The lowest BCUT2D eigenvalue weighted by molar-refractivity contribution is 0.0929. The van der Waals surface area contributed by atoms with Gasteiger partial charge in [0.05, 0.1) is 19.2 Å². The van der Waals surface area contributed by atoms with Crippen LogP contribution < -0.4 is 4.74 Å². The summed E-state index contributed by atoms with van der Waals surface area (Å²) in [6.07, 6.45) is 3.67. The van der Waals surface area contributed by atoms with Gasteiger partial charge in [-0.05, 0) is 50.4 Å². The highest BCUT2D eigenvalue weighted by molar-refractivity contribution is 6.00. The van der Waals surface area contributed by atoms with Gasteiger partial charge in [-0.3, -0.25) is 9.69 Å². The molecule has 1 aliphatic rings. The summed E-state index contributed by atoms with van der Waals surface area (Å²) in [5.41, 5.74) is 0.697. The van der Waals surface area contributed by atoms with E-state index < -0.39 is 0 Å². The lowest BCUT2D eigenvalue weighted by atomic mass is 10.0. The van der Waals surface area contributed by atoms with Crippen molar-refractivity contribution in [2.24, 2.45) is 5.92 Å². The van der Waals surface area contributed by atoms with Gasteiger partial charge in [-0.15, -0.1) is 0 Å². The van der Waals surface area contributed by atoms with Crippen LogP contribution in [0.5, 0.6) is 5.75 Å². The van der Waals surface area contributed by atoms with Crippen LogP contribution >= 0.6 is 0 Å². The predicted molar refractivity (Wildman–Crippen MR) is 76.8 cm³/mol. The number of hydrogen-bond acceptors (Lipinski definition) is 3. The third-order valence-electron chi connectivity index (χ3n) is 3.88. The van der Waals surface area contributed by atoms with Crippen LogP contribution in [-0.4, -0.2) is 37.4 Å². The van der Waals surface area contributed by atoms with E-state index in [2.05, 4.69) is 11.8 Å². The molecule has 0 bridgehead atoms. The van der Waals surface area contributed by atoms with Crippen LogP contribution in [0.4, 0.5) is 0 Å². The Bertz CT molecular complexity index is 431. The third kappa shape index (κ3) is 3.80. The van der Waals surface area contributed by atoms with E-state index in [1.54, 1.807) is 7.11 Å². The van der Waals surface area contributed by atoms with Crippen molar-refractivity contribution in [1.82, 2.24) is 4.90 Å². The van der Waals surface area contributed by atoms with Gasteiger partial charge in [0.25, 0.3) is 0 Å². The van der Waals surface area contributed by atoms with Crippen LogP contribution in [0.1, 0.15) is 36.5 Å². The van der Waals surface area contributed by atoms with Crippen LogP contribution in [0.15, 0.2) is 24.3 Å². The van der Waals surface area contributed by atoms with E-state index in [0.29, 0.717) is 17.9 Å². The Balaban J connectivity index is 2.00. The first-order chi connectivity index (χ1) is 9.20. The van der Waals surface area contributed by atoms with Gasteiger partial charge in [0.1, 0.15) is 5.75 Å². The molecule has 0 aromatic heterocycles. The highest BCUT2D eigenvalue weighted by Gasteiger charge is 2.18. The average Bonchev–Trinajstić information content (AvgIpc) is 2.63. The summed E-state index contributed by atoms with van der Waals surface area (Å²) in [6, 6.07) is 7.48. The smallest absolute Gasteiger partial charge is 0.180 e. The first-order valence-electron chi connectivity index (χ1n) is 7.09. The fourth-order valence-corrected chi connectivity index (χ4v) is 2.64. The Kier molecular flexibility index (Phi) is 4.97. The standard InChI is InChI=1S/C16H23NO2/c1-13-6-5-10-17(11-9-13)12-15(18)14-7-3-4-8-16(14)19-2/h3-4,7-8,13H,5-6,9-12H2,1-2H3. The van der Waals surface area contributed by atoms with Gasteiger partial charge in [-0.25, -0.2) is 0 Å². The van der Waals surface area contributed by atoms with Crippen LogP contribution in [0.3, 0.4) is 0 Å². The van der Waals surface area contributed by atoms with Crippen LogP contribution in [0, 0.1) is 5.92 Å². The molecule has 2 rings (SSSR count). The van der Waals surface area contributed by atoms with Crippen LogP contribution in [0.25, 0.3) is 0 Å². The number of hydrogen-bond donors (Lipinski definition) is 0. The van der Waals surface area contributed by atoms with Crippen molar-refractivity contribution in [2.45, 2.75) is 26.2 Å². The zero-order valence-electron chi connectivity index (χ0n) is 11.9. The van der Waals surface area contributed by atoms with Crippen LogP contribution in [-0.2, 0) is 0 Å². The molecule has 0 amide bonds. The van der Waals surface area contributed by atoms with E-state index in [0.717, 1.165) is 19.0 Å². The molecule has 1 fully saturated rings. The average molecular weight is 261 g/mol. The summed E-state index contributed by atoms with van der Waals surface area (Å²) < 4.78 is 5.26. The maximum atomic E-state index is 12.4. The molecule has 1 saturated heterocycles. The highest BCUT2D eigenvalue weighted by atomic mass is 16.5. The number of nitrogens with zero attached hydrogens (tertiary/aromatic N) is 1. The normalized spacial score (nSPS) is 20.8. The number of ketones is 1. The summed E-state index contributed by atoms with van der Waals surface area (Å²) in [5, 5.41) is 0. The van der Waals surface area contributed by atoms with Crippen molar-refractivity contribution in [2.75, 3.05) is 26.7 Å². The topological polar surface area (TPSA) is 29.5 Å². The molecule has 3 heteroatoms. The Morgan fingerprint density at radius 2 is 2.11 bits per heavy atom. The number of rotatable bonds is 4. The number of likely N-dealkylation sites (tertiary alicyclic amines) is 1. The molecule has 0 saturated carbocycles. The Morgan fingerprint density at radius 1 is 1.32 bits per heavy atom. The number of para-hydroxylation sites is 1. The van der Waals surface area contributed by atoms with E-state index in [1.807, 2.05) is 24.3 Å². The third-order valence-corrected chi connectivity index (χ3v) is 3.88. The molecule has 1 aliphatic heterocycles. The van der Waals surface area contributed by atoms with Gasteiger partial charge in [-0.1, -0.05) is 19.1 Å². The second-order valence-corrected chi connectivity index (χ2v) is 5.44. The Hall–Kier alpha value is -1.35. The van der Waals surface area contributed by atoms with Crippen molar-refractivity contribution in [1.29, 1.82) is 0 Å². The number of ether oxygens (including phenoxy) is 1. The minimum atomic E-state index is 0.159. The molecule has 1 aromatic rings. The fourth-order valence-electron chi connectivity index (χ4n) is 2.64. The summed E-state index contributed by atoms with van der Waals surface area (Å²) >= 11 is 0. The maximum Gasteiger partial charge on any atom is 0.180 e. The molecule has 1 atom stereocenters. The summed E-state index contributed by atoms with van der Waals surface area (Å²) in [6.45, 7) is 4.87. The van der Waals surface area contributed by atoms with E-state index >= 15 is 0 Å². The molecule has 19 heavy (non-hydrogen) atoms. The van der Waals surface area contributed by atoms with Gasteiger partial charge >= 0.3 is 0 Å². The second kappa shape index (κ2) is 6.71. The molecular formula is C16H23NO2. The van der Waals surface area contributed by atoms with Crippen LogP contribution in [0.2, 0.25) is 0 Å². The Labute approximate surface area is 115 Å². The van der Waals surface area contributed by atoms with Gasteiger partial charge in [-0.2, -0.15) is 0 Å². The number of carbonyl (C=O) groups excluding carboxylic acids is 1. The molecule has 3 nitrogen and oxygen atoms in total. The van der Waals surface area contributed by atoms with Crippen molar-refractivity contribution < 1.29 is 9.53 Å². The quantitative estimate of drug-likeness (QED) is 0.780. The van der Waals surface area contributed by atoms with Gasteiger partial charge < -0.3 is 4.74 Å². The number of carbonyl (C=O) groups is 1. The molecule has 1 unspecified atom stereocenters. The predicted octanol–water partition coefficient (Wildman–Crippen LogP) is 3.00. The van der Waals surface area contributed by atoms with E-state index in [4.69, 9.17) is 4.74 Å². The molecule has 104 valence electrons. The highest BCUT2D eigenvalue weighted by Crippen LogP contribution is 2.20. The van der Waals surface area contributed by atoms with Crippen molar-refractivity contribution >= 4 is 5.78 Å². The van der Waals surface area contributed by atoms with Gasteiger partial charge in [0, 0.05) is 0 Å². The fraction of sp³-hybridized carbons (Fsp3) is 0.562. The maximum absolute atomic E-state index is 12.4. The SMILES string of the molecule is COc1ccccc1C(=O)CN1CCCC(C)CC1. The number of benzene rings is 1. The van der Waals surface area contributed by atoms with E-state index in [-0.39, 0.29) is 5.78 Å². The number of methoxy groups -OCH3 is 1. The van der Waals surface area contributed by atoms with Gasteiger partial charge in [0.2, 0.25) is 0 Å².